The molecule has 0 amide bonds. The number of hydrogen-bond donors (Lipinski definition) is 0. The lowest BCUT2D eigenvalue weighted by Gasteiger charge is -2.29. The zero-order valence-corrected chi connectivity index (χ0v) is 29.7. The number of fused-ring (bicyclic) bond motifs is 4. The molecule has 1 aromatic heterocycles. The van der Waals surface area contributed by atoms with E-state index in [4.69, 9.17) is 0 Å². The van der Waals surface area contributed by atoms with Crippen LogP contribution in [0.4, 0.5) is 17.1 Å². The molecule has 54 heavy (non-hydrogen) atoms. The van der Waals surface area contributed by atoms with Gasteiger partial charge in [0.25, 0.3) is 0 Å². The molecule has 1 heterocycles. The predicted octanol–water partition coefficient (Wildman–Crippen LogP) is 14.4. The van der Waals surface area contributed by atoms with Crippen molar-refractivity contribution in [3.05, 3.63) is 218 Å². The molecule has 0 unspecified atom stereocenters. The van der Waals surface area contributed by atoms with Crippen LogP contribution in [0.25, 0.3) is 71.6 Å². The molecule has 0 bridgehead atoms. The number of anilines is 3. The molecule has 0 aliphatic carbocycles. The Labute approximate surface area is 315 Å². The minimum atomic E-state index is 1.10. The molecule has 0 atom stereocenters. The summed E-state index contributed by atoms with van der Waals surface area (Å²) >= 11 is 0. The third kappa shape index (κ3) is 5.62. The van der Waals surface area contributed by atoms with Crippen molar-refractivity contribution in [2.24, 2.45) is 0 Å². The fourth-order valence-electron chi connectivity index (χ4n) is 7.95. The Morgan fingerprint density at radius 1 is 0.315 bits per heavy atom. The van der Waals surface area contributed by atoms with Gasteiger partial charge in [-0.25, -0.2) is 0 Å². The van der Waals surface area contributed by atoms with Gasteiger partial charge in [0, 0.05) is 33.4 Å². The maximum atomic E-state index is 2.42. The highest BCUT2D eigenvalue weighted by atomic mass is 15.1. The lowest BCUT2D eigenvalue weighted by molar-refractivity contribution is 1.18. The van der Waals surface area contributed by atoms with E-state index in [1.807, 2.05) is 0 Å². The van der Waals surface area contributed by atoms with Crippen LogP contribution in [-0.2, 0) is 0 Å². The molecule has 2 heteroatoms. The Morgan fingerprint density at radius 2 is 0.870 bits per heavy atom. The molecular weight excluding hydrogens is 653 g/mol. The first-order valence-corrected chi connectivity index (χ1v) is 18.5. The predicted molar refractivity (Wildman–Crippen MR) is 229 cm³/mol. The van der Waals surface area contributed by atoms with Gasteiger partial charge < -0.3 is 9.47 Å². The largest absolute Gasteiger partial charge is 0.310 e. The van der Waals surface area contributed by atoms with E-state index in [0.717, 1.165) is 22.7 Å². The van der Waals surface area contributed by atoms with Crippen molar-refractivity contribution >= 4 is 49.6 Å². The SMILES string of the molecule is c1ccc(-c2ccc(N(c3ccc4cc5c6ccccc6n(-c6ccccc6)c5cc4c3)c3ccc(-c4ccccc4)cc3-c3ccccc3)cc2)cc1. The monoisotopic (exact) mass is 688 g/mol. The van der Waals surface area contributed by atoms with Crippen molar-refractivity contribution in [2.75, 3.05) is 4.90 Å². The summed E-state index contributed by atoms with van der Waals surface area (Å²) in [6, 6.07) is 78.9. The second-order valence-corrected chi connectivity index (χ2v) is 13.8. The van der Waals surface area contributed by atoms with Gasteiger partial charge in [0.15, 0.2) is 0 Å². The van der Waals surface area contributed by atoms with Gasteiger partial charge in [0.05, 0.1) is 16.7 Å². The molecular formula is C52H36N2. The van der Waals surface area contributed by atoms with Crippen LogP contribution in [-0.4, -0.2) is 4.57 Å². The van der Waals surface area contributed by atoms with E-state index in [-0.39, 0.29) is 0 Å². The lowest BCUT2D eigenvalue weighted by Crippen LogP contribution is -2.11. The molecule has 9 aromatic carbocycles. The topological polar surface area (TPSA) is 8.17 Å². The van der Waals surface area contributed by atoms with E-state index >= 15 is 0 Å². The minimum Gasteiger partial charge on any atom is -0.310 e. The summed E-state index contributed by atoms with van der Waals surface area (Å²) in [5.74, 6) is 0. The summed E-state index contributed by atoms with van der Waals surface area (Å²) < 4.78 is 2.40. The Balaban J connectivity index is 1.20. The van der Waals surface area contributed by atoms with Crippen LogP contribution in [0.5, 0.6) is 0 Å². The standard InChI is InChI=1S/C52H36N2/c1-5-15-37(16-6-1)39-25-29-45(30-26-39)53(51-32-28-41(38-17-7-2-8-18-38)34-48(51)40-19-9-3-10-20-40)46-31-27-42-35-49-47-23-13-14-24-50(47)54(44-21-11-4-12-22-44)52(49)36-43(42)33-46/h1-36H. The van der Waals surface area contributed by atoms with Crippen molar-refractivity contribution in [3.8, 4) is 39.1 Å². The van der Waals surface area contributed by atoms with Crippen molar-refractivity contribution in [1.29, 1.82) is 0 Å². The van der Waals surface area contributed by atoms with Crippen LogP contribution in [0.15, 0.2) is 218 Å². The van der Waals surface area contributed by atoms with Gasteiger partial charge >= 0.3 is 0 Å². The van der Waals surface area contributed by atoms with Gasteiger partial charge in [0.1, 0.15) is 0 Å². The van der Waals surface area contributed by atoms with Gasteiger partial charge in [-0.2, -0.15) is 0 Å². The van der Waals surface area contributed by atoms with E-state index in [2.05, 4.69) is 228 Å². The number of aromatic nitrogens is 1. The molecule has 10 rings (SSSR count). The van der Waals surface area contributed by atoms with Gasteiger partial charge in [0.2, 0.25) is 0 Å². The summed E-state index contributed by atoms with van der Waals surface area (Å²) in [6.45, 7) is 0. The van der Waals surface area contributed by atoms with Crippen molar-refractivity contribution in [1.82, 2.24) is 4.57 Å². The van der Waals surface area contributed by atoms with Crippen LogP contribution in [0.2, 0.25) is 0 Å². The zero-order valence-electron chi connectivity index (χ0n) is 29.7. The minimum absolute atomic E-state index is 1.10. The van der Waals surface area contributed by atoms with E-state index < -0.39 is 0 Å². The smallest absolute Gasteiger partial charge is 0.0547 e. The highest BCUT2D eigenvalue weighted by molar-refractivity contribution is 6.14. The molecule has 0 aliphatic heterocycles. The highest BCUT2D eigenvalue weighted by Crippen LogP contribution is 2.44. The number of benzene rings is 9. The highest BCUT2D eigenvalue weighted by Gasteiger charge is 2.20. The van der Waals surface area contributed by atoms with E-state index in [9.17, 15) is 0 Å². The molecule has 0 aliphatic rings. The summed E-state index contributed by atoms with van der Waals surface area (Å²) in [7, 11) is 0. The number of rotatable bonds is 7. The molecule has 0 fully saturated rings. The molecule has 0 radical (unpaired) electrons. The van der Waals surface area contributed by atoms with Crippen LogP contribution in [0.1, 0.15) is 0 Å². The fourth-order valence-corrected chi connectivity index (χ4v) is 7.95. The van der Waals surface area contributed by atoms with E-state index in [1.54, 1.807) is 0 Å². The first-order valence-electron chi connectivity index (χ1n) is 18.5. The molecule has 254 valence electrons. The number of para-hydroxylation sites is 2. The first kappa shape index (κ1) is 31.6. The van der Waals surface area contributed by atoms with E-state index in [1.165, 1.54) is 66.0 Å². The number of hydrogen-bond acceptors (Lipinski definition) is 1. The van der Waals surface area contributed by atoms with Crippen molar-refractivity contribution < 1.29 is 0 Å². The quantitative estimate of drug-likeness (QED) is 0.162. The van der Waals surface area contributed by atoms with Crippen LogP contribution >= 0.6 is 0 Å². The van der Waals surface area contributed by atoms with Crippen LogP contribution in [0, 0.1) is 0 Å². The summed E-state index contributed by atoms with van der Waals surface area (Å²) in [5, 5.41) is 4.91. The normalized spacial score (nSPS) is 11.3. The van der Waals surface area contributed by atoms with Crippen molar-refractivity contribution in [3.63, 3.8) is 0 Å². The average Bonchev–Trinajstić information content (AvgIpc) is 3.57. The molecule has 0 saturated carbocycles. The molecule has 2 nitrogen and oxygen atoms in total. The molecule has 0 saturated heterocycles. The lowest BCUT2D eigenvalue weighted by atomic mass is 9.96. The van der Waals surface area contributed by atoms with Gasteiger partial charge in [-0.3, -0.25) is 0 Å². The van der Waals surface area contributed by atoms with Gasteiger partial charge in [-0.05, 0) is 105 Å². The Hall–Kier alpha value is -7.16. The molecule has 10 aromatic rings. The van der Waals surface area contributed by atoms with Gasteiger partial charge in [-0.15, -0.1) is 0 Å². The Kier molecular flexibility index (Phi) is 7.85. The molecule has 0 spiro atoms. The third-order valence-corrected chi connectivity index (χ3v) is 10.5. The third-order valence-electron chi connectivity index (χ3n) is 10.5. The maximum Gasteiger partial charge on any atom is 0.0547 e. The summed E-state index contributed by atoms with van der Waals surface area (Å²) in [6.07, 6.45) is 0. The Morgan fingerprint density at radius 3 is 1.57 bits per heavy atom. The second-order valence-electron chi connectivity index (χ2n) is 13.8. The fraction of sp³-hybridized carbons (Fsp3) is 0. The van der Waals surface area contributed by atoms with Crippen LogP contribution < -0.4 is 4.90 Å². The number of nitrogens with zero attached hydrogens (tertiary/aromatic N) is 2. The van der Waals surface area contributed by atoms with Crippen molar-refractivity contribution in [2.45, 2.75) is 0 Å². The second kappa shape index (κ2) is 13.4. The first-order chi connectivity index (χ1) is 26.8. The maximum absolute atomic E-state index is 2.42. The molecule has 0 N–H and O–H groups in total. The van der Waals surface area contributed by atoms with Gasteiger partial charge in [-0.1, -0.05) is 152 Å². The zero-order chi connectivity index (χ0) is 35.8. The summed E-state index contributed by atoms with van der Waals surface area (Å²) in [4.78, 5) is 2.42. The Bertz CT molecular complexity index is 2890. The van der Waals surface area contributed by atoms with E-state index in [0.29, 0.717) is 0 Å². The van der Waals surface area contributed by atoms with Crippen LogP contribution in [0.3, 0.4) is 0 Å². The summed E-state index contributed by atoms with van der Waals surface area (Å²) in [5.41, 5.74) is 14.0. The average molecular weight is 689 g/mol.